The van der Waals surface area contributed by atoms with Crippen LogP contribution in [-0.2, 0) is 0 Å². The Hall–Kier alpha value is -0.963. The summed E-state index contributed by atoms with van der Waals surface area (Å²) in [6.07, 6.45) is 0.188. The van der Waals surface area contributed by atoms with Crippen LogP contribution in [0.5, 0.6) is 11.5 Å². The third kappa shape index (κ3) is 4.05. The molecule has 0 radical (unpaired) electrons. The van der Waals surface area contributed by atoms with Crippen LogP contribution in [-0.4, -0.2) is 14.4 Å². The summed E-state index contributed by atoms with van der Waals surface area (Å²) >= 11 is 0. The molecule has 102 valence electrons. The summed E-state index contributed by atoms with van der Waals surface area (Å²) in [7, 11) is -1.76. The van der Waals surface area contributed by atoms with Gasteiger partial charge in [-0.25, -0.2) is 0 Å². The van der Waals surface area contributed by atoms with Gasteiger partial charge in [-0.15, -0.1) is 0 Å². The minimum Gasteiger partial charge on any atom is -0.543 e. The zero-order chi connectivity index (χ0) is 14.0. The van der Waals surface area contributed by atoms with E-state index in [9.17, 15) is 0 Å². The molecule has 0 atom stereocenters. The van der Waals surface area contributed by atoms with Gasteiger partial charge in [0.15, 0.2) is 0 Å². The summed E-state index contributed by atoms with van der Waals surface area (Å²) in [6.45, 7) is 15.3. The Morgan fingerprint density at radius 1 is 1.06 bits per heavy atom. The lowest BCUT2D eigenvalue weighted by molar-refractivity contribution is 0.242. The summed E-state index contributed by atoms with van der Waals surface area (Å²) in [5.41, 5.74) is 0. The molecule has 1 rings (SSSR count). The summed E-state index contributed by atoms with van der Waals surface area (Å²) in [4.78, 5) is 0. The first-order valence-electron chi connectivity index (χ1n) is 6.57. The van der Waals surface area contributed by atoms with Crippen molar-refractivity contribution < 1.29 is 9.16 Å². The molecule has 1 aromatic carbocycles. The summed E-state index contributed by atoms with van der Waals surface area (Å²) in [6, 6.07) is 7.95. The fraction of sp³-hybridized carbons (Fsp3) is 0.600. The van der Waals surface area contributed by atoms with Crippen LogP contribution in [0.1, 0.15) is 34.6 Å². The van der Waals surface area contributed by atoms with E-state index < -0.39 is 8.32 Å². The van der Waals surface area contributed by atoms with Crippen LogP contribution in [0.2, 0.25) is 18.1 Å². The number of hydrogen-bond donors (Lipinski definition) is 0. The molecule has 0 aliphatic rings. The third-order valence-electron chi connectivity index (χ3n) is 3.36. The standard InChI is InChI=1S/C15H26O2Si/c1-12(2)16-13-9-8-10-14(11-13)17-18(6,7)15(3,4)5/h8-12H,1-7H3. The Kier molecular flexibility index (Phi) is 4.49. The summed E-state index contributed by atoms with van der Waals surface area (Å²) in [5, 5.41) is 0.210. The third-order valence-corrected chi connectivity index (χ3v) is 7.71. The van der Waals surface area contributed by atoms with Crippen LogP contribution >= 0.6 is 0 Å². The summed E-state index contributed by atoms with van der Waals surface area (Å²) < 4.78 is 11.9. The van der Waals surface area contributed by atoms with Crippen molar-refractivity contribution in [3.63, 3.8) is 0 Å². The minimum absolute atomic E-state index is 0.188. The largest absolute Gasteiger partial charge is 0.543 e. The molecule has 0 aromatic heterocycles. The molecule has 0 aliphatic heterocycles. The maximum Gasteiger partial charge on any atom is 0.250 e. The Labute approximate surface area is 112 Å². The first-order chi connectivity index (χ1) is 8.12. The molecule has 1 aromatic rings. The van der Waals surface area contributed by atoms with Gasteiger partial charge in [0.2, 0.25) is 8.32 Å². The van der Waals surface area contributed by atoms with Crippen molar-refractivity contribution in [3.8, 4) is 11.5 Å². The lowest BCUT2D eigenvalue weighted by Crippen LogP contribution is -2.43. The maximum absolute atomic E-state index is 6.25. The highest BCUT2D eigenvalue weighted by Crippen LogP contribution is 2.37. The number of rotatable bonds is 4. The molecule has 0 fully saturated rings. The van der Waals surface area contributed by atoms with Gasteiger partial charge in [0, 0.05) is 6.07 Å². The van der Waals surface area contributed by atoms with E-state index in [0.29, 0.717) is 0 Å². The molecule has 0 amide bonds. The average Bonchev–Trinajstić information content (AvgIpc) is 2.14. The van der Waals surface area contributed by atoms with E-state index >= 15 is 0 Å². The summed E-state index contributed by atoms with van der Waals surface area (Å²) in [5.74, 6) is 1.79. The second-order valence-corrected chi connectivity index (χ2v) is 11.2. The van der Waals surface area contributed by atoms with Crippen LogP contribution in [0.15, 0.2) is 24.3 Å². The molecule has 0 saturated heterocycles. The molecule has 0 bridgehead atoms. The molecular weight excluding hydrogens is 240 g/mol. The van der Waals surface area contributed by atoms with Gasteiger partial charge < -0.3 is 9.16 Å². The van der Waals surface area contributed by atoms with Crippen LogP contribution in [0.3, 0.4) is 0 Å². The van der Waals surface area contributed by atoms with Crippen molar-refractivity contribution in [2.75, 3.05) is 0 Å². The molecular formula is C15H26O2Si. The number of ether oxygens (including phenoxy) is 1. The van der Waals surface area contributed by atoms with Gasteiger partial charge in [0.25, 0.3) is 0 Å². The second kappa shape index (κ2) is 5.35. The SMILES string of the molecule is CC(C)Oc1cccc(O[Si](C)(C)C(C)(C)C)c1. The Balaban J connectivity index is 2.85. The normalized spacial score (nSPS) is 12.7. The zero-order valence-electron chi connectivity index (χ0n) is 12.7. The van der Waals surface area contributed by atoms with Crippen molar-refractivity contribution in [2.24, 2.45) is 0 Å². The van der Waals surface area contributed by atoms with Gasteiger partial charge in [-0.1, -0.05) is 26.8 Å². The molecule has 0 saturated carbocycles. The highest BCUT2D eigenvalue weighted by Gasteiger charge is 2.38. The second-order valence-electron chi connectivity index (χ2n) is 6.50. The van der Waals surface area contributed by atoms with Crippen molar-refractivity contribution in [1.29, 1.82) is 0 Å². The quantitative estimate of drug-likeness (QED) is 0.725. The fourth-order valence-corrected chi connectivity index (χ4v) is 2.35. The highest BCUT2D eigenvalue weighted by atomic mass is 28.4. The van der Waals surface area contributed by atoms with Gasteiger partial charge in [0.05, 0.1) is 6.10 Å². The van der Waals surface area contributed by atoms with Crippen LogP contribution in [0.25, 0.3) is 0 Å². The molecule has 0 unspecified atom stereocenters. The molecule has 0 heterocycles. The van der Waals surface area contributed by atoms with Crippen molar-refractivity contribution in [3.05, 3.63) is 24.3 Å². The first-order valence-corrected chi connectivity index (χ1v) is 9.48. The smallest absolute Gasteiger partial charge is 0.250 e. The Bertz CT molecular complexity index is 392. The van der Waals surface area contributed by atoms with E-state index in [-0.39, 0.29) is 11.1 Å². The maximum atomic E-state index is 6.25. The topological polar surface area (TPSA) is 18.5 Å². The van der Waals surface area contributed by atoms with E-state index in [4.69, 9.17) is 9.16 Å². The van der Waals surface area contributed by atoms with Crippen molar-refractivity contribution in [1.82, 2.24) is 0 Å². The van der Waals surface area contributed by atoms with E-state index in [2.05, 4.69) is 33.9 Å². The van der Waals surface area contributed by atoms with E-state index in [1.165, 1.54) is 0 Å². The van der Waals surface area contributed by atoms with Gasteiger partial charge in [-0.05, 0) is 44.1 Å². The van der Waals surface area contributed by atoms with Crippen LogP contribution in [0, 0.1) is 0 Å². The predicted octanol–water partition coefficient (Wildman–Crippen LogP) is 4.86. The van der Waals surface area contributed by atoms with E-state index in [1.54, 1.807) is 0 Å². The van der Waals surface area contributed by atoms with E-state index in [1.807, 2.05) is 38.1 Å². The van der Waals surface area contributed by atoms with Crippen molar-refractivity contribution >= 4 is 8.32 Å². The van der Waals surface area contributed by atoms with E-state index in [0.717, 1.165) is 11.5 Å². The molecule has 0 aliphatic carbocycles. The number of benzene rings is 1. The van der Waals surface area contributed by atoms with Crippen LogP contribution < -0.4 is 9.16 Å². The van der Waals surface area contributed by atoms with Crippen molar-refractivity contribution in [2.45, 2.75) is 58.9 Å². The molecule has 0 N–H and O–H groups in total. The first kappa shape index (κ1) is 15.1. The Morgan fingerprint density at radius 3 is 2.11 bits per heavy atom. The molecule has 0 spiro atoms. The highest BCUT2D eigenvalue weighted by molar-refractivity contribution is 6.74. The van der Waals surface area contributed by atoms with Gasteiger partial charge in [-0.3, -0.25) is 0 Å². The molecule has 18 heavy (non-hydrogen) atoms. The van der Waals surface area contributed by atoms with Gasteiger partial charge in [-0.2, -0.15) is 0 Å². The number of hydrogen-bond acceptors (Lipinski definition) is 2. The lowest BCUT2D eigenvalue weighted by atomic mass is 10.2. The monoisotopic (exact) mass is 266 g/mol. The van der Waals surface area contributed by atoms with Gasteiger partial charge >= 0.3 is 0 Å². The minimum atomic E-state index is -1.76. The molecule has 3 heteroatoms. The Morgan fingerprint density at radius 2 is 1.61 bits per heavy atom. The average molecular weight is 266 g/mol. The zero-order valence-corrected chi connectivity index (χ0v) is 13.7. The fourth-order valence-electron chi connectivity index (χ4n) is 1.33. The predicted molar refractivity (Wildman–Crippen MR) is 80.0 cm³/mol. The van der Waals surface area contributed by atoms with Gasteiger partial charge in [0.1, 0.15) is 11.5 Å². The van der Waals surface area contributed by atoms with Crippen LogP contribution in [0.4, 0.5) is 0 Å². The molecule has 2 nitrogen and oxygen atoms in total. The lowest BCUT2D eigenvalue weighted by Gasteiger charge is -2.36.